The van der Waals surface area contributed by atoms with Crippen molar-refractivity contribution in [1.29, 1.82) is 0 Å². The van der Waals surface area contributed by atoms with Gasteiger partial charge >= 0.3 is 0 Å². The van der Waals surface area contributed by atoms with Gasteiger partial charge in [-0.25, -0.2) is 0 Å². The molecule has 0 nitrogen and oxygen atoms in total. The third-order valence-electron chi connectivity index (χ3n) is 10.7. The zero-order valence-corrected chi connectivity index (χ0v) is 20.4. The van der Waals surface area contributed by atoms with Gasteiger partial charge in [-0.2, -0.15) is 0 Å². The third kappa shape index (κ3) is 3.59. The first-order chi connectivity index (χ1) is 13.8. The van der Waals surface area contributed by atoms with Gasteiger partial charge in [0.25, 0.3) is 0 Å². The van der Waals surface area contributed by atoms with Gasteiger partial charge in [-0.15, -0.1) is 0 Å². The van der Waals surface area contributed by atoms with E-state index in [9.17, 15) is 0 Å². The van der Waals surface area contributed by atoms with Crippen LogP contribution in [0.3, 0.4) is 0 Å². The lowest BCUT2D eigenvalue weighted by atomic mass is 9.47. The molecule has 0 bridgehead atoms. The second-order valence-electron chi connectivity index (χ2n) is 12.2. The van der Waals surface area contributed by atoms with Gasteiger partial charge in [0.15, 0.2) is 0 Å². The highest BCUT2D eigenvalue weighted by Crippen LogP contribution is 2.67. The van der Waals surface area contributed by atoms with E-state index in [0.29, 0.717) is 16.7 Å². The Hall–Kier alpha value is -0.520. The molecule has 164 valence electrons. The first-order valence-corrected chi connectivity index (χ1v) is 13.2. The fourth-order valence-corrected chi connectivity index (χ4v) is 8.96. The lowest BCUT2D eigenvalue weighted by molar-refractivity contribution is -0.0491. The minimum atomic E-state index is 0.558. The summed E-state index contributed by atoms with van der Waals surface area (Å²) in [5.74, 6) is 5.47. The Bertz CT molecular complexity index is 651. The fraction of sp³-hybridized carbons (Fsp3) is 0.862. The van der Waals surface area contributed by atoms with Gasteiger partial charge in [0, 0.05) is 0 Å². The lowest BCUT2D eigenvalue weighted by Gasteiger charge is -2.58. The van der Waals surface area contributed by atoms with Crippen LogP contribution in [0, 0.1) is 46.3 Å². The predicted molar refractivity (Wildman–Crippen MR) is 127 cm³/mol. The minimum Gasteiger partial charge on any atom is -0.0848 e. The van der Waals surface area contributed by atoms with Crippen LogP contribution in [0.1, 0.15) is 112 Å². The van der Waals surface area contributed by atoms with E-state index in [1.165, 1.54) is 70.6 Å². The Morgan fingerprint density at radius 1 is 1.07 bits per heavy atom. The molecule has 0 saturated heterocycles. The average molecular weight is 397 g/mol. The highest BCUT2D eigenvalue weighted by molar-refractivity contribution is 5.24. The molecule has 0 aliphatic heterocycles. The van der Waals surface area contributed by atoms with Crippen molar-refractivity contribution in [1.82, 2.24) is 0 Å². The van der Waals surface area contributed by atoms with Crippen LogP contribution in [0.15, 0.2) is 23.3 Å². The standard InChI is InChI=1S/C29H48/c1-7-22(20(2)3)12-11-21(4)25-15-16-26-24-14-13-23-10-8-9-18-28(23,5)27(24)17-19-29(25,26)6/h12-13,20-21,24-27H,7-11,14-19H2,1-6H3/t21-,24+,25-,26+,27+,28+,29-/m1/s1. The highest BCUT2D eigenvalue weighted by atomic mass is 14.6. The van der Waals surface area contributed by atoms with Gasteiger partial charge in [-0.05, 0) is 111 Å². The van der Waals surface area contributed by atoms with Crippen molar-refractivity contribution < 1.29 is 0 Å². The smallest absolute Gasteiger partial charge is 0.00853 e. The van der Waals surface area contributed by atoms with Gasteiger partial charge < -0.3 is 0 Å². The van der Waals surface area contributed by atoms with Crippen molar-refractivity contribution in [3.63, 3.8) is 0 Å². The normalized spacial score (nSPS) is 43.4. The molecule has 29 heavy (non-hydrogen) atoms. The molecular formula is C29H48. The molecule has 0 N–H and O–H groups in total. The Balaban J connectivity index is 1.51. The van der Waals surface area contributed by atoms with E-state index < -0.39 is 0 Å². The maximum absolute atomic E-state index is 2.74. The SMILES string of the molecule is CCC(=CC[C@@H](C)[C@H]1CC[C@H]2[C@@H]3CC=C4CCCC[C@]4(C)[C@H]3CC[C@]12C)C(C)C. The summed E-state index contributed by atoms with van der Waals surface area (Å²) in [6.45, 7) is 15.0. The zero-order chi connectivity index (χ0) is 20.8. The van der Waals surface area contributed by atoms with Gasteiger partial charge in [0.2, 0.25) is 0 Å². The largest absolute Gasteiger partial charge is 0.0848 e. The maximum atomic E-state index is 2.74. The van der Waals surface area contributed by atoms with E-state index in [-0.39, 0.29) is 0 Å². The summed E-state index contributed by atoms with van der Waals surface area (Å²) < 4.78 is 0. The van der Waals surface area contributed by atoms with E-state index in [4.69, 9.17) is 0 Å². The summed E-state index contributed by atoms with van der Waals surface area (Å²) in [7, 11) is 0. The molecule has 0 aromatic heterocycles. The molecule has 3 saturated carbocycles. The van der Waals surface area contributed by atoms with E-state index in [0.717, 1.165) is 29.6 Å². The zero-order valence-electron chi connectivity index (χ0n) is 20.4. The quantitative estimate of drug-likeness (QED) is 0.407. The molecule has 4 aliphatic rings. The van der Waals surface area contributed by atoms with Gasteiger partial charge in [-0.1, -0.05) is 71.3 Å². The van der Waals surface area contributed by atoms with E-state index in [2.05, 4.69) is 53.7 Å². The van der Waals surface area contributed by atoms with Crippen LogP contribution >= 0.6 is 0 Å². The molecule has 0 aromatic carbocycles. The van der Waals surface area contributed by atoms with Gasteiger partial charge in [0.05, 0.1) is 0 Å². The van der Waals surface area contributed by atoms with Crippen molar-refractivity contribution in [3.05, 3.63) is 23.3 Å². The summed E-state index contributed by atoms with van der Waals surface area (Å²) >= 11 is 0. The van der Waals surface area contributed by atoms with E-state index in [1.54, 1.807) is 5.57 Å². The van der Waals surface area contributed by atoms with Crippen LogP contribution in [0.4, 0.5) is 0 Å². The molecule has 0 heteroatoms. The number of allylic oxidation sites excluding steroid dienone is 4. The van der Waals surface area contributed by atoms with Crippen molar-refractivity contribution in [2.45, 2.75) is 112 Å². The number of hydrogen-bond acceptors (Lipinski definition) is 0. The third-order valence-corrected chi connectivity index (χ3v) is 10.7. The Morgan fingerprint density at radius 2 is 1.86 bits per heavy atom. The topological polar surface area (TPSA) is 0 Å². The Labute approximate surface area is 182 Å². The van der Waals surface area contributed by atoms with Crippen LogP contribution in [-0.4, -0.2) is 0 Å². The molecule has 0 heterocycles. The van der Waals surface area contributed by atoms with Crippen molar-refractivity contribution in [3.8, 4) is 0 Å². The second kappa shape index (κ2) is 8.20. The molecule has 7 atom stereocenters. The summed E-state index contributed by atoms with van der Waals surface area (Å²) in [6.07, 6.45) is 21.1. The summed E-state index contributed by atoms with van der Waals surface area (Å²) in [4.78, 5) is 0. The van der Waals surface area contributed by atoms with Crippen LogP contribution in [0.2, 0.25) is 0 Å². The van der Waals surface area contributed by atoms with E-state index in [1.807, 2.05) is 5.57 Å². The van der Waals surface area contributed by atoms with Crippen LogP contribution in [0.25, 0.3) is 0 Å². The second-order valence-corrected chi connectivity index (χ2v) is 12.2. The maximum Gasteiger partial charge on any atom is -0.00853 e. The van der Waals surface area contributed by atoms with Crippen molar-refractivity contribution in [2.75, 3.05) is 0 Å². The fourth-order valence-electron chi connectivity index (χ4n) is 8.96. The molecular weight excluding hydrogens is 348 g/mol. The highest BCUT2D eigenvalue weighted by Gasteiger charge is 2.58. The Kier molecular flexibility index (Phi) is 6.14. The van der Waals surface area contributed by atoms with Gasteiger partial charge in [-0.3, -0.25) is 0 Å². The van der Waals surface area contributed by atoms with E-state index >= 15 is 0 Å². The summed E-state index contributed by atoms with van der Waals surface area (Å²) in [5, 5.41) is 0. The monoisotopic (exact) mass is 396 g/mol. The molecule has 0 amide bonds. The average Bonchev–Trinajstić information content (AvgIpc) is 3.05. The summed E-state index contributed by atoms with van der Waals surface area (Å²) in [6, 6.07) is 0. The molecule has 3 fully saturated rings. The first-order valence-electron chi connectivity index (χ1n) is 13.2. The predicted octanol–water partition coefficient (Wildman–Crippen LogP) is 8.97. The van der Waals surface area contributed by atoms with Gasteiger partial charge in [0.1, 0.15) is 0 Å². The van der Waals surface area contributed by atoms with Crippen molar-refractivity contribution in [2.24, 2.45) is 46.3 Å². The number of hydrogen-bond donors (Lipinski definition) is 0. The Morgan fingerprint density at radius 3 is 2.59 bits per heavy atom. The summed E-state index contributed by atoms with van der Waals surface area (Å²) in [5.41, 5.74) is 4.70. The molecule has 0 unspecified atom stereocenters. The molecule has 0 spiro atoms. The van der Waals surface area contributed by atoms with Crippen molar-refractivity contribution >= 4 is 0 Å². The minimum absolute atomic E-state index is 0.558. The number of rotatable bonds is 5. The molecule has 4 rings (SSSR count). The van der Waals surface area contributed by atoms with Crippen LogP contribution in [0.5, 0.6) is 0 Å². The molecule has 0 radical (unpaired) electrons. The number of fused-ring (bicyclic) bond motifs is 5. The van der Waals surface area contributed by atoms with Crippen LogP contribution < -0.4 is 0 Å². The lowest BCUT2D eigenvalue weighted by Crippen LogP contribution is -2.50. The molecule has 0 aromatic rings. The first kappa shape index (κ1) is 21.7. The molecule has 4 aliphatic carbocycles. The van der Waals surface area contributed by atoms with Crippen LogP contribution in [-0.2, 0) is 0 Å².